The van der Waals surface area contributed by atoms with Gasteiger partial charge in [0.2, 0.25) is 0 Å². The smallest absolute Gasteiger partial charge is 0.0615 e. The number of hydrogen-bond acceptors (Lipinski definition) is 3. The molecule has 0 saturated heterocycles. The van der Waals surface area contributed by atoms with Gasteiger partial charge in [-0.05, 0) is 57.5 Å². The van der Waals surface area contributed by atoms with Gasteiger partial charge in [0, 0.05) is 18.1 Å². The van der Waals surface area contributed by atoms with E-state index in [0.717, 1.165) is 12.3 Å². The Morgan fingerprint density at radius 1 is 1.29 bits per heavy atom. The second-order valence-corrected chi connectivity index (χ2v) is 7.30. The average molecular weight is 299 g/mol. The third-order valence-electron chi connectivity index (χ3n) is 5.56. The summed E-state index contributed by atoms with van der Waals surface area (Å²) < 4.78 is 0. The van der Waals surface area contributed by atoms with Crippen LogP contribution >= 0.6 is 0 Å². The van der Waals surface area contributed by atoms with Crippen molar-refractivity contribution in [1.82, 2.24) is 10.2 Å². The second-order valence-electron chi connectivity index (χ2n) is 7.30. The van der Waals surface area contributed by atoms with Gasteiger partial charge in [-0.1, -0.05) is 34.1 Å². The maximum atomic E-state index is 9.82. The highest BCUT2D eigenvalue weighted by molar-refractivity contribution is 4.98. The molecule has 1 fully saturated rings. The summed E-state index contributed by atoms with van der Waals surface area (Å²) in [5, 5.41) is 13.3. The molecule has 0 aliphatic heterocycles. The standard InChI is InChI=1S/C18H38N2O/c1-6-17(7-2)20(13-15(3)4)12-10-16-9-8-11-18(16,14-21)19-5/h15-17,19,21H,6-14H2,1-5H3. The SMILES string of the molecule is CCC(CC)N(CCC1CCCC1(CO)NC)CC(C)C. The van der Waals surface area contributed by atoms with E-state index in [2.05, 4.69) is 37.9 Å². The third kappa shape index (κ3) is 4.94. The van der Waals surface area contributed by atoms with E-state index >= 15 is 0 Å². The Morgan fingerprint density at radius 2 is 1.95 bits per heavy atom. The topological polar surface area (TPSA) is 35.5 Å². The zero-order chi connectivity index (χ0) is 15.9. The lowest BCUT2D eigenvalue weighted by Gasteiger charge is -2.37. The summed E-state index contributed by atoms with van der Waals surface area (Å²) in [5.41, 5.74) is -0.0164. The van der Waals surface area contributed by atoms with Gasteiger partial charge in [0.1, 0.15) is 0 Å². The molecule has 0 spiro atoms. The Balaban J connectivity index is 2.63. The number of rotatable bonds is 10. The molecule has 1 aliphatic rings. The normalized spacial score (nSPS) is 26.4. The van der Waals surface area contributed by atoms with Crippen LogP contribution in [0.15, 0.2) is 0 Å². The molecule has 2 N–H and O–H groups in total. The average Bonchev–Trinajstić information content (AvgIpc) is 2.88. The van der Waals surface area contributed by atoms with Crippen LogP contribution < -0.4 is 5.32 Å². The molecule has 0 amide bonds. The first-order valence-corrected chi connectivity index (χ1v) is 9.06. The van der Waals surface area contributed by atoms with Crippen LogP contribution in [0.25, 0.3) is 0 Å². The lowest BCUT2D eigenvalue weighted by Crippen LogP contribution is -2.50. The lowest BCUT2D eigenvalue weighted by atomic mass is 9.85. The summed E-state index contributed by atoms with van der Waals surface area (Å²) in [5.74, 6) is 1.35. The van der Waals surface area contributed by atoms with Crippen molar-refractivity contribution in [2.75, 3.05) is 26.7 Å². The fourth-order valence-corrected chi connectivity index (χ4v) is 4.20. The van der Waals surface area contributed by atoms with Crippen molar-refractivity contribution < 1.29 is 5.11 Å². The van der Waals surface area contributed by atoms with Crippen LogP contribution in [0.5, 0.6) is 0 Å². The second kappa shape index (κ2) is 9.12. The van der Waals surface area contributed by atoms with Gasteiger partial charge < -0.3 is 15.3 Å². The molecule has 21 heavy (non-hydrogen) atoms. The van der Waals surface area contributed by atoms with Gasteiger partial charge in [-0.15, -0.1) is 0 Å². The quantitative estimate of drug-likeness (QED) is 0.650. The fourth-order valence-electron chi connectivity index (χ4n) is 4.20. The molecule has 2 atom stereocenters. The fraction of sp³-hybridized carbons (Fsp3) is 1.00. The van der Waals surface area contributed by atoms with Gasteiger partial charge in [0.05, 0.1) is 6.61 Å². The molecule has 1 saturated carbocycles. The minimum Gasteiger partial charge on any atom is -0.394 e. The van der Waals surface area contributed by atoms with Gasteiger partial charge in [-0.2, -0.15) is 0 Å². The maximum Gasteiger partial charge on any atom is 0.0615 e. The maximum absolute atomic E-state index is 9.82. The lowest BCUT2D eigenvalue weighted by molar-refractivity contribution is 0.104. The Labute approximate surface area is 132 Å². The van der Waals surface area contributed by atoms with E-state index in [-0.39, 0.29) is 12.1 Å². The largest absolute Gasteiger partial charge is 0.394 e. The van der Waals surface area contributed by atoms with E-state index in [9.17, 15) is 5.11 Å². The molecule has 3 heteroatoms. The minimum atomic E-state index is -0.0164. The van der Waals surface area contributed by atoms with Crippen LogP contribution in [0.1, 0.15) is 66.2 Å². The zero-order valence-electron chi connectivity index (χ0n) is 15.0. The van der Waals surface area contributed by atoms with Gasteiger partial charge in [0.15, 0.2) is 0 Å². The van der Waals surface area contributed by atoms with Crippen molar-refractivity contribution in [2.24, 2.45) is 11.8 Å². The monoisotopic (exact) mass is 298 g/mol. The molecule has 0 heterocycles. The van der Waals surface area contributed by atoms with Gasteiger partial charge >= 0.3 is 0 Å². The predicted octanol–water partition coefficient (Wildman–Crippen LogP) is 3.27. The molecule has 0 aromatic heterocycles. The molecule has 0 aromatic carbocycles. The Kier molecular flexibility index (Phi) is 8.22. The highest BCUT2D eigenvalue weighted by Gasteiger charge is 2.40. The van der Waals surface area contributed by atoms with Crippen molar-refractivity contribution in [3.05, 3.63) is 0 Å². The van der Waals surface area contributed by atoms with Gasteiger partial charge in [0.25, 0.3) is 0 Å². The van der Waals surface area contributed by atoms with Crippen molar-refractivity contribution >= 4 is 0 Å². The Bertz CT molecular complexity index is 272. The van der Waals surface area contributed by atoms with E-state index in [0.29, 0.717) is 12.0 Å². The highest BCUT2D eigenvalue weighted by atomic mass is 16.3. The molecule has 0 aromatic rings. The zero-order valence-corrected chi connectivity index (χ0v) is 15.0. The van der Waals surface area contributed by atoms with Crippen LogP contribution in [0.4, 0.5) is 0 Å². The Hall–Kier alpha value is -0.120. The summed E-state index contributed by atoms with van der Waals surface area (Å²) in [6.45, 7) is 11.9. The molecular formula is C18H38N2O. The Morgan fingerprint density at radius 3 is 2.43 bits per heavy atom. The van der Waals surface area contributed by atoms with E-state index in [1.165, 1.54) is 45.2 Å². The van der Waals surface area contributed by atoms with Crippen LogP contribution in [0.3, 0.4) is 0 Å². The van der Waals surface area contributed by atoms with Crippen molar-refractivity contribution in [2.45, 2.75) is 77.8 Å². The number of nitrogens with one attached hydrogen (secondary N) is 1. The predicted molar refractivity (Wildman–Crippen MR) is 91.6 cm³/mol. The minimum absolute atomic E-state index is 0.0164. The molecule has 2 unspecified atom stereocenters. The summed E-state index contributed by atoms with van der Waals surface area (Å²) in [6, 6.07) is 0.715. The van der Waals surface area contributed by atoms with E-state index < -0.39 is 0 Å². The van der Waals surface area contributed by atoms with Crippen LogP contribution in [-0.2, 0) is 0 Å². The first-order valence-electron chi connectivity index (χ1n) is 9.06. The summed E-state index contributed by atoms with van der Waals surface area (Å²) in [6.07, 6.45) is 7.33. The molecule has 126 valence electrons. The highest BCUT2D eigenvalue weighted by Crippen LogP contribution is 2.37. The van der Waals surface area contributed by atoms with Crippen molar-refractivity contribution in [3.8, 4) is 0 Å². The number of likely N-dealkylation sites (N-methyl/N-ethyl adjacent to an activating group) is 1. The van der Waals surface area contributed by atoms with Crippen LogP contribution in [-0.4, -0.2) is 48.3 Å². The first-order chi connectivity index (χ1) is 10.0. The van der Waals surface area contributed by atoms with E-state index in [1.807, 2.05) is 7.05 Å². The van der Waals surface area contributed by atoms with Crippen molar-refractivity contribution in [3.63, 3.8) is 0 Å². The number of aliphatic hydroxyl groups is 1. The van der Waals surface area contributed by atoms with Gasteiger partial charge in [-0.3, -0.25) is 0 Å². The van der Waals surface area contributed by atoms with Crippen molar-refractivity contribution in [1.29, 1.82) is 0 Å². The number of nitrogens with zero attached hydrogens (tertiary/aromatic N) is 1. The molecule has 0 radical (unpaired) electrons. The van der Waals surface area contributed by atoms with E-state index in [4.69, 9.17) is 0 Å². The third-order valence-corrected chi connectivity index (χ3v) is 5.56. The summed E-state index contributed by atoms with van der Waals surface area (Å²) >= 11 is 0. The van der Waals surface area contributed by atoms with E-state index in [1.54, 1.807) is 0 Å². The summed E-state index contributed by atoms with van der Waals surface area (Å²) in [7, 11) is 2.02. The first kappa shape index (κ1) is 18.9. The molecule has 3 nitrogen and oxygen atoms in total. The molecular weight excluding hydrogens is 260 g/mol. The summed E-state index contributed by atoms with van der Waals surface area (Å²) in [4.78, 5) is 2.70. The number of hydrogen-bond donors (Lipinski definition) is 2. The number of aliphatic hydroxyl groups excluding tert-OH is 1. The molecule has 1 rings (SSSR count). The molecule has 0 bridgehead atoms. The van der Waals surface area contributed by atoms with Gasteiger partial charge in [-0.25, -0.2) is 0 Å². The molecule has 1 aliphatic carbocycles. The van der Waals surface area contributed by atoms with Crippen LogP contribution in [0, 0.1) is 11.8 Å². The van der Waals surface area contributed by atoms with Crippen LogP contribution in [0.2, 0.25) is 0 Å².